The van der Waals surface area contributed by atoms with Gasteiger partial charge in [0.05, 0.1) is 6.04 Å². The molecule has 0 heterocycles. The number of carbonyl (C=O) groups is 1. The lowest BCUT2D eigenvalue weighted by atomic mass is 9.79. The largest absolute Gasteiger partial charge is 0.396 e. The van der Waals surface area contributed by atoms with Gasteiger partial charge in [-0.3, -0.25) is 4.79 Å². The highest BCUT2D eigenvalue weighted by molar-refractivity contribution is 5.81. The van der Waals surface area contributed by atoms with Crippen LogP contribution in [0.1, 0.15) is 46.0 Å². The number of amides is 1. The summed E-state index contributed by atoms with van der Waals surface area (Å²) in [5.74, 6) is 0.923. The molecule has 0 bridgehead atoms. The van der Waals surface area contributed by atoms with Crippen molar-refractivity contribution in [1.82, 2.24) is 5.32 Å². The maximum atomic E-state index is 11.9. The molecule has 18 heavy (non-hydrogen) atoms. The minimum Gasteiger partial charge on any atom is -0.396 e. The minimum absolute atomic E-state index is 0.0494. The summed E-state index contributed by atoms with van der Waals surface area (Å²) in [6.07, 6.45) is 5.49. The first-order valence-electron chi connectivity index (χ1n) is 7.24. The maximum Gasteiger partial charge on any atom is 0.237 e. The number of rotatable bonds is 6. The van der Waals surface area contributed by atoms with E-state index >= 15 is 0 Å². The molecule has 3 unspecified atom stereocenters. The summed E-state index contributed by atoms with van der Waals surface area (Å²) in [6, 6.07) is -0.411. The first-order valence-corrected chi connectivity index (χ1v) is 7.24. The summed E-state index contributed by atoms with van der Waals surface area (Å²) in [6.45, 7) is 4.94. The predicted octanol–water partition coefficient (Wildman–Crippen LogP) is 1.27. The Morgan fingerprint density at radius 2 is 2.00 bits per heavy atom. The first kappa shape index (κ1) is 15.4. The van der Waals surface area contributed by atoms with Crippen LogP contribution in [0.25, 0.3) is 0 Å². The van der Waals surface area contributed by atoms with Gasteiger partial charge in [-0.25, -0.2) is 0 Å². The molecule has 0 aromatic heterocycles. The minimum atomic E-state index is -0.411. The number of hydrogen-bond donors (Lipinski definition) is 3. The zero-order valence-corrected chi connectivity index (χ0v) is 11.7. The number of hydrogen-bond acceptors (Lipinski definition) is 3. The Labute approximate surface area is 110 Å². The van der Waals surface area contributed by atoms with Crippen molar-refractivity contribution < 1.29 is 9.90 Å². The second kappa shape index (κ2) is 7.74. The van der Waals surface area contributed by atoms with Crippen molar-refractivity contribution in [3.8, 4) is 0 Å². The topological polar surface area (TPSA) is 75.4 Å². The molecule has 0 radical (unpaired) electrons. The van der Waals surface area contributed by atoms with E-state index in [1.165, 1.54) is 12.8 Å². The summed E-state index contributed by atoms with van der Waals surface area (Å²) in [5.41, 5.74) is 5.89. The molecule has 1 aliphatic rings. The molecule has 0 aliphatic heterocycles. The van der Waals surface area contributed by atoms with Gasteiger partial charge in [-0.1, -0.05) is 33.1 Å². The standard InChI is InChI=1S/C14H28N2O2/c1-3-10(2)13(15)14(18)16-8-11-6-4-5-7-12(11)9-17/h10-13,17H,3-9,15H2,1-2H3,(H,16,18)/t10?,11?,12?,13-/m0/s1. The van der Waals surface area contributed by atoms with Gasteiger partial charge in [-0.2, -0.15) is 0 Å². The molecule has 1 amide bonds. The third kappa shape index (κ3) is 4.25. The summed E-state index contributed by atoms with van der Waals surface area (Å²) in [4.78, 5) is 11.9. The van der Waals surface area contributed by atoms with Gasteiger partial charge < -0.3 is 16.2 Å². The van der Waals surface area contributed by atoms with Crippen LogP contribution >= 0.6 is 0 Å². The van der Waals surface area contributed by atoms with Crippen LogP contribution in [-0.2, 0) is 4.79 Å². The van der Waals surface area contributed by atoms with Crippen molar-refractivity contribution >= 4 is 5.91 Å². The molecule has 4 heteroatoms. The summed E-state index contributed by atoms with van der Waals surface area (Å²) in [7, 11) is 0. The molecular formula is C14H28N2O2. The van der Waals surface area contributed by atoms with Crippen LogP contribution < -0.4 is 11.1 Å². The molecule has 0 aromatic carbocycles. The van der Waals surface area contributed by atoms with Gasteiger partial charge in [-0.15, -0.1) is 0 Å². The van der Waals surface area contributed by atoms with Crippen LogP contribution in [0.3, 0.4) is 0 Å². The van der Waals surface area contributed by atoms with E-state index in [0.717, 1.165) is 19.3 Å². The molecule has 1 saturated carbocycles. The van der Waals surface area contributed by atoms with Crippen molar-refractivity contribution in [2.24, 2.45) is 23.5 Å². The number of nitrogens with two attached hydrogens (primary N) is 1. The molecular weight excluding hydrogens is 228 g/mol. The quantitative estimate of drug-likeness (QED) is 0.670. The molecule has 4 nitrogen and oxygen atoms in total. The fourth-order valence-electron chi connectivity index (χ4n) is 2.66. The highest BCUT2D eigenvalue weighted by atomic mass is 16.3. The molecule has 0 spiro atoms. The third-order valence-electron chi connectivity index (χ3n) is 4.40. The van der Waals surface area contributed by atoms with Gasteiger partial charge in [0.15, 0.2) is 0 Å². The lowest BCUT2D eigenvalue weighted by Crippen LogP contribution is -2.47. The zero-order chi connectivity index (χ0) is 13.5. The van der Waals surface area contributed by atoms with Crippen molar-refractivity contribution in [2.45, 2.75) is 52.0 Å². The summed E-state index contributed by atoms with van der Waals surface area (Å²) in [5, 5.41) is 12.3. The van der Waals surface area contributed by atoms with Gasteiger partial charge >= 0.3 is 0 Å². The van der Waals surface area contributed by atoms with Crippen LogP contribution in [0, 0.1) is 17.8 Å². The Kier molecular flexibility index (Phi) is 6.65. The van der Waals surface area contributed by atoms with Crippen LogP contribution in [0.5, 0.6) is 0 Å². The second-order valence-corrected chi connectivity index (χ2v) is 5.64. The van der Waals surface area contributed by atoms with Gasteiger partial charge in [0, 0.05) is 13.2 Å². The first-order chi connectivity index (χ1) is 8.60. The highest BCUT2D eigenvalue weighted by Crippen LogP contribution is 2.29. The van der Waals surface area contributed by atoms with E-state index in [0.29, 0.717) is 18.4 Å². The molecule has 1 rings (SSSR count). The molecule has 1 aliphatic carbocycles. The van der Waals surface area contributed by atoms with E-state index in [1.54, 1.807) is 0 Å². The lowest BCUT2D eigenvalue weighted by Gasteiger charge is -2.30. The van der Waals surface area contributed by atoms with E-state index in [-0.39, 0.29) is 18.4 Å². The molecule has 106 valence electrons. The predicted molar refractivity (Wildman–Crippen MR) is 73.0 cm³/mol. The van der Waals surface area contributed by atoms with Gasteiger partial charge in [0.1, 0.15) is 0 Å². The Balaban J connectivity index is 2.36. The SMILES string of the molecule is CCC(C)[C@H](N)C(=O)NCC1CCCCC1CO. The highest BCUT2D eigenvalue weighted by Gasteiger charge is 2.26. The smallest absolute Gasteiger partial charge is 0.237 e. The second-order valence-electron chi connectivity index (χ2n) is 5.64. The van der Waals surface area contributed by atoms with Crippen LogP contribution in [0.4, 0.5) is 0 Å². The van der Waals surface area contributed by atoms with E-state index in [4.69, 9.17) is 5.73 Å². The fourth-order valence-corrected chi connectivity index (χ4v) is 2.66. The van der Waals surface area contributed by atoms with Crippen molar-refractivity contribution in [3.63, 3.8) is 0 Å². The zero-order valence-electron chi connectivity index (χ0n) is 11.7. The molecule has 4 atom stereocenters. The molecule has 0 aromatic rings. The van der Waals surface area contributed by atoms with Crippen molar-refractivity contribution in [3.05, 3.63) is 0 Å². The number of nitrogens with one attached hydrogen (secondary N) is 1. The lowest BCUT2D eigenvalue weighted by molar-refractivity contribution is -0.123. The number of aliphatic hydroxyl groups is 1. The normalized spacial score (nSPS) is 27.6. The molecule has 0 saturated heterocycles. The number of aliphatic hydroxyl groups excluding tert-OH is 1. The van der Waals surface area contributed by atoms with E-state index < -0.39 is 6.04 Å². The fraction of sp³-hybridized carbons (Fsp3) is 0.929. The van der Waals surface area contributed by atoms with E-state index in [1.807, 2.05) is 13.8 Å². The van der Waals surface area contributed by atoms with E-state index in [9.17, 15) is 9.90 Å². The van der Waals surface area contributed by atoms with Crippen molar-refractivity contribution in [2.75, 3.05) is 13.2 Å². The van der Waals surface area contributed by atoms with Crippen LogP contribution in [-0.4, -0.2) is 30.2 Å². The van der Waals surface area contributed by atoms with E-state index in [2.05, 4.69) is 5.32 Å². The average Bonchev–Trinajstić information content (AvgIpc) is 2.43. The summed E-state index contributed by atoms with van der Waals surface area (Å²) < 4.78 is 0. The Morgan fingerprint density at radius 3 is 2.56 bits per heavy atom. The number of carbonyl (C=O) groups excluding carboxylic acids is 1. The maximum absolute atomic E-state index is 11.9. The molecule has 4 N–H and O–H groups in total. The summed E-state index contributed by atoms with van der Waals surface area (Å²) >= 11 is 0. The Bertz CT molecular complexity index is 258. The van der Waals surface area contributed by atoms with Gasteiger partial charge in [0.2, 0.25) is 5.91 Å². The van der Waals surface area contributed by atoms with Crippen molar-refractivity contribution in [1.29, 1.82) is 0 Å². The monoisotopic (exact) mass is 256 g/mol. The van der Waals surface area contributed by atoms with Gasteiger partial charge in [-0.05, 0) is 30.6 Å². The Hall–Kier alpha value is -0.610. The third-order valence-corrected chi connectivity index (χ3v) is 4.40. The Morgan fingerprint density at radius 1 is 1.39 bits per heavy atom. The van der Waals surface area contributed by atoms with Gasteiger partial charge in [0.25, 0.3) is 0 Å². The van der Waals surface area contributed by atoms with Crippen LogP contribution in [0.15, 0.2) is 0 Å². The average molecular weight is 256 g/mol. The molecule has 1 fully saturated rings. The van der Waals surface area contributed by atoms with Crippen LogP contribution in [0.2, 0.25) is 0 Å².